The predicted octanol–water partition coefficient (Wildman–Crippen LogP) is 4.39. The maximum Gasteiger partial charge on any atom is 0.305 e. The van der Waals surface area contributed by atoms with Crippen LogP contribution in [0.1, 0.15) is 71.1 Å². The van der Waals surface area contributed by atoms with Crippen molar-refractivity contribution in [1.82, 2.24) is 0 Å². The summed E-state index contributed by atoms with van der Waals surface area (Å²) in [6, 6.07) is 0. The summed E-state index contributed by atoms with van der Waals surface area (Å²) in [6.45, 7) is 2.85. The van der Waals surface area contributed by atoms with E-state index in [1.54, 1.807) is 0 Å². The summed E-state index contributed by atoms with van der Waals surface area (Å²) in [5, 5.41) is 0. The van der Waals surface area contributed by atoms with Crippen molar-refractivity contribution in [2.24, 2.45) is 0 Å². The lowest BCUT2D eigenvalue weighted by atomic mass is 10.0. The van der Waals surface area contributed by atoms with E-state index < -0.39 is 0 Å². The second kappa shape index (κ2) is 9.26. The van der Waals surface area contributed by atoms with Crippen molar-refractivity contribution in [3.63, 3.8) is 0 Å². The van der Waals surface area contributed by atoms with Crippen molar-refractivity contribution in [1.29, 1.82) is 0 Å². The molecule has 0 aromatic rings. The molecule has 2 nitrogen and oxygen atoms in total. The molecule has 0 saturated carbocycles. The van der Waals surface area contributed by atoms with Gasteiger partial charge in [-0.1, -0.05) is 24.5 Å². The predicted molar refractivity (Wildman–Crippen MR) is 70.9 cm³/mol. The van der Waals surface area contributed by atoms with E-state index >= 15 is 0 Å². The van der Waals surface area contributed by atoms with Gasteiger partial charge in [0, 0.05) is 6.42 Å². The van der Waals surface area contributed by atoms with Gasteiger partial charge in [0.05, 0.1) is 6.61 Å². The number of carbonyl (C=O) groups is 1. The molecule has 0 radical (unpaired) electrons. The van der Waals surface area contributed by atoms with Gasteiger partial charge in [0.25, 0.3) is 0 Å². The Labute approximate surface area is 105 Å². The molecule has 0 aromatic heterocycles. The Morgan fingerprint density at radius 1 is 0.941 bits per heavy atom. The lowest BCUT2D eigenvalue weighted by molar-refractivity contribution is -0.143. The standard InChI is InChI=1S/C15H26O2/c1-14-10-6-2-3-8-12-15(16)17-13-9-5-4-7-11-14/h11H,2-10,12-13H2,1H3/b14-11-. The van der Waals surface area contributed by atoms with Crippen molar-refractivity contribution in [2.75, 3.05) is 6.61 Å². The summed E-state index contributed by atoms with van der Waals surface area (Å²) in [6.07, 6.45) is 13.4. The number of cyclic esters (lactones) is 1. The fourth-order valence-corrected chi connectivity index (χ4v) is 2.16. The van der Waals surface area contributed by atoms with Crippen LogP contribution >= 0.6 is 0 Å². The maximum absolute atomic E-state index is 11.3. The van der Waals surface area contributed by atoms with Crippen LogP contribution in [0.4, 0.5) is 0 Å². The minimum Gasteiger partial charge on any atom is -0.466 e. The average molecular weight is 238 g/mol. The van der Waals surface area contributed by atoms with Crippen molar-refractivity contribution in [3.05, 3.63) is 11.6 Å². The number of ether oxygens (including phenoxy) is 1. The summed E-state index contributed by atoms with van der Waals surface area (Å²) < 4.78 is 5.18. The van der Waals surface area contributed by atoms with E-state index in [0.717, 1.165) is 25.7 Å². The molecule has 0 atom stereocenters. The van der Waals surface area contributed by atoms with Crippen molar-refractivity contribution < 1.29 is 9.53 Å². The van der Waals surface area contributed by atoms with E-state index in [-0.39, 0.29) is 5.97 Å². The van der Waals surface area contributed by atoms with Crippen LogP contribution in [0.25, 0.3) is 0 Å². The Hall–Kier alpha value is -0.790. The fraction of sp³-hybridized carbons (Fsp3) is 0.800. The lowest BCUT2D eigenvalue weighted by Gasteiger charge is -2.04. The number of hydrogen-bond acceptors (Lipinski definition) is 2. The van der Waals surface area contributed by atoms with Gasteiger partial charge in [-0.05, 0) is 51.9 Å². The number of carbonyl (C=O) groups excluding carboxylic acids is 1. The number of esters is 1. The third kappa shape index (κ3) is 8.00. The van der Waals surface area contributed by atoms with Crippen molar-refractivity contribution >= 4 is 5.97 Å². The highest BCUT2D eigenvalue weighted by atomic mass is 16.5. The number of allylic oxidation sites excluding steroid dienone is 2. The maximum atomic E-state index is 11.3. The molecule has 17 heavy (non-hydrogen) atoms. The third-order valence-electron chi connectivity index (χ3n) is 3.31. The summed E-state index contributed by atoms with van der Waals surface area (Å²) in [4.78, 5) is 11.3. The zero-order chi connectivity index (χ0) is 12.3. The van der Waals surface area contributed by atoms with Gasteiger partial charge in [0.15, 0.2) is 0 Å². The van der Waals surface area contributed by atoms with Gasteiger partial charge >= 0.3 is 5.97 Å². The number of hydrogen-bond donors (Lipinski definition) is 0. The highest BCUT2D eigenvalue weighted by Crippen LogP contribution is 2.13. The molecule has 1 rings (SSSR count). The Bertz CT molecular complexity index is 243. The molecule has 0 saturated heterocycles. The molecule has 0 aliphatic carbocycles. The van der Waals surface area contributed by atoms with Gasteiger partial charge in [-0.25, -0.2) is 0 Å². The Kier molecular flexibility index (Phi) is 7.78. The first-order valence-electron chi connectivity index (χ1n) is 7.10. The van der Waals surface area contributed by atoms with Gasteiger partial charge in [-0.15, -0.1) is 0 Å². The highest BCUT2D eigenvalue weighted by molar-refractivity contribution is 5.69. The largest absolute Gasteiger partial charge is 0.466 e. The van der Waals surface area contributed by atoms with Gasteiger partial charge in [-0.3, -0.25) is 4.79 Å². The lowest BCUT2D eigenvalue weighted by Crippen LogP contribution is -2.05. The molecule has 0 aromatic carbocycles. The van der Waals surface area contributed by atoms with Gasteiger partial charge in [0.2, 0.25) is 0 Å². The smallest absolute Gasteiger partial charge is 0.305 e. The molecular formula is C15H26O2. The molecule has 0 fully saturated rings. The van der Waals surface area contributed by atoms with Gasteiger partial charge in [0.1, 0.15) is 0 Å². The highest BCUT2D eigenvalue weighted by Gasteiger charge is 2.03. The molecule has 1 heterocycles. The van der Waals surface area contributed by atoms with Crippen LogP contribution in [0.3, 0.4) is 0 Å². The van der Waals surface area contributed by atoms with Crippen LogP contribution in [-0.4, -0.2) is 12.6 Å². The quantitative estimate of drug-likeness (QED) is 0.462. The summed E-state index contributed by atoms with van der Waals surface area (Å²) in [7, 11) is 0. The molecule has 0 spiro atoms. The first-order chi connectivity index (χ1) is 8.29. The van der Waals surface area contributed by atoms with E-state index in [1.165, 1.54) is 37.7 Å². The summed E-state index contributed by atoms with van der Waals surface area (Å²) in [5.41, 5.74) is 1.53. The van der Waals surface area contributed by atoms with Crippen LogP contribution in [0.5, 0.6) is 0 Å². The molecule has 1 aliphatic heterocycles. The summed E-state index contributed by atoms with van der Waals surface area (Å²) in [5.74, 6) is -0.00539. The second-order valence-electron chi connectivity index (χ2n) is 5.03. The van der Waals surface area contributed by atoms with Crippen LogP contribution in [0, 0.1) is 0 Å². The average Bonchev–Trinajstić information content (AvgIpc) is 2.32. The van der Waals surface area contributed by atoms with Crippen LogP contribution in [0.2, 0.25) is 0 Å². The minimum absolute atomic E-state index is 0.00539. The number of rotatable bonds is 0. The fourth-order valence-electron chi connectivity index (χ4n) is 2.16. The summed E-state index contributed by atoms with van der Waals surface area (Å²) >= 11 is 0. The Balaban J connectivity index is 2.28. The molecule has 1 aliphatic rings. The molecule has 0 bridgehead atoms. The molecule has 0 unspecified atom stereocenters. The van der Waals surface area contributed by atoms with Crippen molar-refractivity contribution in [2.45, 2.75) is 71.1 Å². The van der Waals surface area contributed by atoms with Crippen molar-refractivity contribution in [3.8, 4) is 0 Å². The van der Waals surface area contributed by atoms with Crippen LogP contribution < -0.4 is 0 Å². The zero-order valence-corrected chi connectivity index (χ0v) is 11.2. The monoisotopic (exact) mass is 238 g/mol. The molecule has 98 valence electrons. The van der Waals surface area contributed by atoms with E-state index in [2.05, 4.69) is 13.0 Å². The first kappa shape index (κ1) is 14.3. The molecule has 0 N–H and O–H groups in total. The molecule has 0 amide bonds. The second-order valence-corrected chi connectivity index (χ2v) is 5.03. The van der Waals surface area contributed by atoms with E-state index in [0.29, 0.717) is 13.0 Å². The van der Waals surface area contributed by atoms with Gasteiger partial charge in [-0.2, -0.15) is 0 Å². The van der Waals surface area contributed by atoms with Gasteiger partial charge < -0.3 is 4.74 Å². The Morgan fingerprint density at radius 2 is 1.65 bits per heavy atom. The van der Waals surface area contributed by atoms with E-state index in [1.807, 2.05) is 0 Å². The minimum atomic E-state index is -0.00539. The van der Waals surface area contributed by atoms with E-state index in [9.17, 15) is 4.79 Å². The molecule has 2 heteroatoms. The van der Waals surface area contributed by atoms with Crippen LogP contribution in [0.15, 0.2) is 11.6 Å². The third-order valence-corrected chi connectivity index (χ3v) is 3.31. The Morgan fingerprint density at radius 3 is 2.47 bits per heavy atom. The first-order valence-corrected chi connectivity index (χ1v) is 7.10. The topological polar surface area (TPSA) is 26.3 Å². The normalized spacial score (nSPS) is 25.0. The van der Waals surface area contributed by atoms with E-state index in [4.69, 9.17) is 4.74 Å². The van der Waals surface area contributed by atoms with Crippen LogP contribution in [-0.2, 0) is 9.53 Å². The molecular weight excluding hydrogens is 212 g/mol. The zero-order valence-electron chi connectivity index (χ0n) is 11.2. The SMILES string of the molecule is C/C1=C/CCCCCOC(=O)CCCCCC1.